The molecule has 2 nitrogen and oxygen atoms in total. The fourth-order valence-corrected chi connectivity index (χ4v) is 3.02. The number of halogens is 1. The van der Waals surface area contributed by atoms with Gasteiger partial charge in [0.15, 0.2) is 0 Å². The molecule has 0 aromatic heterocycles. The first-order chi connectivity index (χ1) is 9.64. The van der Waals surface area contributed by atoms with Crippen LogP contribution >= 0.6 is 0 Å². The highest BCUT2D eigenvalue weighted by molar-refractivity contribution is 5.56. The van der Waals surface area contributed by atoms with E-state index in [0.717, 1.165) is 35.2 Å². The zero-order chi connectivity index (χ0) is 14.2. The smallest absolute Gasteiger partial charge is 0.123 e. The molecule has 0 amide bonds. The predicted octanol–water partition coefficient (Wildman–Crippen LogP) is 3.38. The second-order valence-corrected chi connectivity index (χ2v) is 5.48. The summed E-state index contributed by atoms with van der Waals surface area (Å²) >= 11 is 0. The molecule has 0 spiro atoms. The van der Waals surface area contributed by atoms with Crippen LogP contribution in [0.5, 0.6) is 0 Å². The second-order valence-electron chi connectivity index (χ2n) is 5.48. The molecule has 1 aliphatic rings. The second kappa shape index (κ2) is 4.91. The van der Waals surface area contributed by atoms with E-state index in [1.165, 1.54) is 6.07 Å². The fraction of sp³-hybridized carbons (Fsp3) is 0.294. The van der Waals surface area contributed by atoms with Gasteiger partial charge in [0.1, 0.15) is 5.82 Å². The van der Waals surface area contributed by atoms with Crippen LogP contribution in [0.2, 0.25) is 0 Å². The molecule has 1 aliphatic carbocycles. The van der Waals surface area contributed by atoms with Gasteiger partial charge in [0, 0.05) is 5.69 Å². The van der Waals surface area contributed by atoms with E-state index in [0.29, 0.717) is 0 Å². The largest absolute Gasteiger partial charge is 0.394 e. The summed E-state index contributed by atoms with van der Waals surface area (Å²) in [5.41, 5.74) is 3.63. The fourth-order valence-electron chi connectivity index (χ4n) is 3.02. The molecule has 0 saturated carbocycles. The van der Waals surface area contributed by atoms with E-state index < -0.39 is 5.54 Å². The van der Waals surface area contributed by atoms with Crippen molar-refractivity contribution in [3.05, 3.63) is 65.0 Å². The number of anilines is 1. The van der Waals surface area contributed by atoms with Crippen LogP contribution in [0.1, 0.15) is 23.1 Å². The first-order valence-electron chi connectivity index (χ1n) is 6.88. The van der Waals surface area contributed by atoms with Crippen molar-refractivity contribution in [3.63, 3.8) is 0 Å². The van der Waals surface area contributed by atoms with Crippen molar-refractivity contribution in [2.45, 2.75) is 25.3 Å². The maximum absolute atomic E-state index is 13.3. The molecule has 3 rings (SSSR count). The minimum Gasteiger partial charge on any atom is -0.394 e. The van der Waals surface area contributed by atoms with Gasteiger partial charge in [-0.25, -0.2) is 4.39 Å². The first-order valence-corrected chi connectivity index (χ1v) is 6.88. The summed E-state index contributed by atoms with van der Waals surface area (Å²) in [4.78, 5) is 0. The molecule has 104 valence electrons. The molecule has 2 N–H and O–H groups in total. The van der Waals surface area contributed by atoms with Crippen molar-refractivity contribution in [1.82, 2.24) is 0 Å². The molecule has 1 unspecified atom stereocenters. The van der Waals surface area contributed by atoms with E-state index in [2.05, 4.69) is 5.32 Å². The molecule has 0 bridgehead atoms. The molecular formula is C17H18FNO. The van der Waals surface area contributed by atoms with Gasteiger partial charge in [-0.2, -0.15) is 0 Å². The molecule has 1 atom stereocenters. The Morgan fingerprint density at radius 1 is 1.25 bits per heavy atom. The first kappa shape index (κ1) is 13.1. The average molecular weight is 271 g/mol. The SMILES string of the molecule is Cc1ccccc1NC1(CO)CCc2cc(F)ccc21. The monoisotopic (exact) mass is 271 g/mol. The Kier molecular flexibility index (Phi) is 3.22. The summed E-state index contributed by atoms with van der Waals surface area (Å²) < 4.78 is 13.3. The number of benzene rings is 2. The van der Waals surface area contributed by atoms with Gasteiger partial charge < -0.3 is 10.4 Å². The van der Waals surface area contributed by atoms with Crippen molar-refractivity contribution in [2.75, 3.05) is 11.9 Å². The van der Waals surface area contributed by atoms with Crippen LogP contribution in [-0.4, -0.2) is 11.7 Å². The van der Waals surface area contributed by atoms with Crippen LogP contribution in [-0.2, 0) is 12.0 Å². The summed E-state index contributed by atoms with van der Waals surface area (Å²) in [6.07, 6.45) is 1.56. The zero-order valence-electron chi connectivity index (χ0n) is 11.5. The molecule has 0 saturated heterocycles. The van der Waals surface area contributed by atoms with Crippen LogP contribution in [0.3, 0.4) is 0 Å². The number of aryl methyl sites for hydroxylation is 2. The summed E-state index contributed by atoms with van der Waals surface area (Å²) in [5.74, 6) is -0.214. The lowest BCUT2D eigenvalue weighted by atomic mass is 9.92. The lowest BCUT2D eigenvalue weighted by molar-refractivity contribution is 0.211. The van der Waals surface area contributed by atoms with Gasteiger partial charge in [-0.3, -0.25) is 0 Å². The molecule has 20 heavy (non-hydrogen) atoms. The van der Waals surface area contributed by atoms with E-state index in [9.17, 15) is 9.50 Å². The Bertz CT molecular complexity index is 641. The minimum absolute atomic E-state index is 0.0000331. The molecule has 0 radical (unpaired) electrons. The topological polar surface area (TPSA) is 32.3 Å². The number of hydrogen-bond donors (Lipinski definition) is 2. The molecule has 2 aromatic rings. The van der Waals surface area contributed by atoms with Gasteiger partial charge in [0.2, 0.25) is 0 Å². The van der Waals surface area contributed by atoms with Crippen molar-refractivity contribution in [2.24, 2.45) is 0 Å². The number of rotatable bonds is 3. The lowest BCUT2D eigenvalue weighted by Crippen LogP contribution is -2.37. The minimum atomic E-state index is -0.505. The van der Waals surface area contributed by atoms with Crippen molar-refractivity contribution in [1.29, 1.82) is 0 Å². The van der Waals surface area contributed by atoms with Crippen LogP contribution in [0.25, 0.3) is 0 Å². The van der Waals surface area contributed by atoms with Crippen LogP contribution in [0.4, 0.5) is 10.1 Å². The van der Waals surface area contributed by atoms with E-state index in [1.54, 1.807) is 12.1 Å². The number of fused-ring (bicyclic) bond motifs is 1. The Hall–Kier alpha value is -1.87. The molecule has 2 aromatic carbocycles. The maximum Gasteiger partial charge on any atom is 0.123 e. The number of aliphatic hydroxyl groups is 1. The third-order valence-electron chi connectivity index (χ3n) is 4.19. The summed E-state index contributed by atoms with van der Waals surface area (Å²) in [6, 6.07) is 12.8. The Labute approximate surface area is 118 Å². The van der Waals surface area contributed by atoms with Gasteiger partial charge in [0.25, 0.3) is 0 Å². The molecule has 0 heterocycles. The van der Waals surface area contributed by atoms with Crippen LogP contribution in [0, 0.1) is 12.7 Å². The summed E-state index contributed by atoms with van der Waals surface area (Å²) in [6.45, 7) is 2.04. The van der Waals surface area contributed by atoms with E-state index >= 15 is 0 Å². The number of aliphatic hydroxyl groups excluding tert-OH is 1. The standard InChI is InChI=1S/C17H18FNO/c1-12-4-2-3-5-16(12)19-17(11-20)9-8-13-10-14(18)6-7-15(13)17/h2-7,10,19-20H,8-9,11H2,1H3. The lowest BCUT2D eigenvalue weighted by Gasteiger charge is -2.31. The number of para-hydroxylation sites is 1. The van der Waals surface area contributed by atoms with E-state index in [1.807, 2.05) is 31.2 Å². The number of hydrogen-bond acceptors (Lipinski definition) is 2. The Balaban J connectivity index is 2.01. The van der Waals surface area contributed by atoms with Gasteiger partial charge in [-0.15, -0.1) is 0 Å². The number of nitrogens with one attached hydrogen (secondary N) is 1. The van der Waals surface area contributed by atoms with Gasteiger partial charge in [-0.1, -0.05) is 24.3 Å². The van der Waals surface area contributed by atoms with Crippen molar-refractivity contribution >= 4 is 5.69 Å². The molecule has 3 heteroatoms. The van der Waals surface area contributed by atoms with Crippen molar-refractivity contribution < 1.29 is 9.50 Å². The van der Waals surface area contributed by atoms with Gasteiger partial charge in [0.05, 0.1) is 12.1 Å². The van der Waals surface area contributed by atoms with E-state index in [4.69, 9.17) is 0 Å². The Morgan fingerprint density at radius 2 is 2.05 bits per heavy atom. The average Bonchev–Trinajstić information content (AvgIpc) is 2.80. The third kappa shape index (κ3) is 2.08. The quantitative estimate of drug-likeness (QED) is 0.897. The Morgan fingerprint density at radius 3 is 2.80 bits per heavy atom. The zero-order valence-corrected chi connectivity index (χ0v) is 11.5. The molecule has 0 fully saturated rings. The van der Waals surface area contributed by atoms with Crippen LogP contribution in [0.15, 0.2) is 42.5 Å². The molecule has 0 aliphatic heterocycles. The third-order valence-corrected chi connectivity index (χ3v) is 4.19. The maximum atomic E-state index is 13.3. The summed E-state index contributed by atoms with van der Waals surface area (Å²) in [5, 5.41) is 13.4. The van der Waals surface area contributed by atoms with Gasteiger partial charge in [-0.05, 0) is 54.7 Å². The van der Waals surface area contributed by atoms with E-state index in [-0.39, 0.29) is 12.4 Å². The van der Waals surface area contributed by atoms with Gasteiger partial charge >= 0.3 is 0 Å². The van der Waals surface area contributed by atoms with Crippen molar-refractivity contribution in [3.8, 4) is 0 Å². The summed E-state index contributed by atoms with van der Waals surface area (Å²) in [7, 11) is 0. The highest BCUT2D eigenvalue weighted by Crippen LogP contribution is 2.40. The van der Waals surface area contributed by atoms with Crippen LogP contribution < -0.4 is 5.32 Å². The highest BCUT2D eigenvalue weighted by Gasteiger charge is 2.38. The predicted molar refractivity (Wildman–Crippen MR) is 78.3 cm³/mol. The highest BCUT2D eigenvalue weighted by atomic mass is 19.1. The molecular weight excluding hydrogens is 253 g/mol. The normalized spacial score (nSPS) is 20.8.